The molecule has 0 spiro atoms. The van der Waals surface area contributed by atoms with Crippen LogP contribution in [0.15, 0.2) is 36.0 Å². The van der Waals surface area contributed by atoms with Crippen LogP contribution in [0.5, 0.6) is 0 Å². The van der Waals surface area contributed by atoms with Crippen molar-refractivity contribution in [3.63, 3.8) is 0 Å². The second-order valence-corrected chi connectivity index (χ2v) is 6.42. The molecule has 2 saturated heterocycles. The minimum atomic E-state index is -2.70. The fraction of sp³-hybridized carbons (Fsp3) is 0.438. The number of alkyl halides is 2. The summed E-state index contributed by atoms with van der Waals surface area (Å²) in [4.78, 5) is 13.9. The lowest BCUT2D eigenvalue weighted by Crippen LogP contribution is -2.66. The van der Waals surface area contributed by atoms with Crippen LogP contribution in [0.25, 0.3) is 0 Å². The molecule has 4 rings (SSSR count). The summed E-state index contributed by atoms with van der Waals surface area (Å²) in [5.74, 6) is -2.94. The number of benzene rings is 1. The van der Waals surface area contributed by atoms with Gasteiger partial charge in [0.1, 0.15) is 12.5 Å². The maximum atomic E-state index is 13.4. The van der Waals surface area contributed by atoms with E-state index in [1.54, 1.807) is 16.1 Å². The molecule has 0 saturated carbocycles. The molecule has 3 aliphatic heterocycles. The van der Waals surface area contributed by atoms with Crippen LogP contribution in [0.4, 0.5) is 14.5 Å². The third-order valence-corrected chi connectivity index (χ3v) is 4.64. The number of hydrogen-bond acceptors (Lipinski definition) is 5. The summed E-state index contributed by atoms with van der Waals surface area (Å²) >= 11 is 0. The van der Waals surface area contributed by atoms with Crippen LogP contribution in [0.3, 0.4) is 0 Å². The predicted octanol–water partition coefficient (Wildman–Crippen LogP) is 0.874. The Balaban J connectivity index is 1.51. The summed E-state index contributed by atoms with van der Waals surface area (Å²) in [6.45, 7) is 1.89. The fourth-order valence-electron chi connectivity index (χ4n) is 3.34. The molecule has 2 atom stereocenters. The molecule has 8 heteroatoms. The SMILES string of the molecule is Cc1ccccc1N1C=C2C(=O)NC(N3CCC(F)(F)C3)NC2N1. The summed E-state index contributed by atoms with van der Waals surface area (Å²) < 4.78 is 26.9. The van der Waals surface area contributed by atoms with E-state index < -0.39 is 18.4 Å². The van der Waals surface area contributed by atoms with Crippen molar-refractivity contribution >= 4 is 11.6 Å². The van der Waals surface area contributed by atoms with Gasteiger partial charge in [0.2, 0.25) is 0 Å². The summed E-state index contributed by atoms with van der Waals surface area (Å²) in [6, 6.07) is 7.81. The molecule has 128 valence electrons. The van der Waals surface area contributed by atoms with E-state index >= 15 is 0 Å². The lowest BCUT2D eigenvalue weighted by Gasteiger charge is -2.36. The summed E-state index contributed by atoms with van der Waals surface area (Å²) in [5.41, 5.74) is 5.76. The molecule has 1 aromatic carbocycles. The van der Waals surface area contributed by atoms with Crippen molar-refractivity contribution < 1.29 is 13.6 Å². The third-order valence-electron chi connectivity index (χ3n) is 4.64. The van der Waals surface area contributed by atoms with Crippen LogP contribution in [0.1, 0.15) is 12.0 Å². The first-order valence-corrected chi connectivity index (χ1v) is 7.94. The second-order valence-electron chi connectivity index (χ2n) is 6.42. The van der Waals surface area contributed by atoms with Gasteiger partial charge in [0.05, 0.1) is 17.8 Å². The molecule has 3 N–H and O–H groups in total. The summed E-state index contributed by atoms with van der Waals surface area (Å²) in [6.07, 6.45) is 0.552. The highest BCUT2D eigenvalue weighted by Gasteiger charge is 2.45. The van der Waals surface area contributed by atoms with Gasteiger partial charge in [-0.05, 0) is 18.6 Å². The number of hydrazine groups is 1. The van der Waals surface area contributed by atoms with Gasteiger partial charge >= 0.3 is 0 Å². The smallest absolute Gasteiger partial charge is 0.261 e. The number of anilines is 1. The Bertz CT molecular complexity index is 707. The number of nitrogens with one attached hydrogen (secondary N) is 3. The van der Waals surface area contributed by atoms with Crippen molar-refractivity contribution in [2.45, 2.75) is 31.7 Å². The number of likely N-dealkylation sites (tertiary alicyclic amines) is 1. The number of halogens is 2. The Labute approximate surface area is 138 Å². The van der Waals surface area contributed by atoms with Crippen LogP contribution < -0.4 is 21.1 Å². The molecule has 0 aromatic heterocycles. The number of hydrogen-bond donors (Lipinski definition) is 3. The van der Waals surface area contributed by atoms with Crippen LogP contribution in [-0.4, -0.2) is 42.3 Å². The monoisotopic (exact) mass is 335 g/mol. The quantitative estimate of drug-likeness (QED) is 0.749. The van der Waals surface area contributed by atoms with E-state index in [2.05, 4.69) is 16.1 Å². The normalized spacial score (nSPS) is 29.4. The minimum absolute atomic E-state index is 0.183. The van der Waals surface area contributed by atoms with E-state index in [0.717, 1.165) is 11.3 Å². The Morgan fingerprint density at radius 3 is 2.79 bits per heavy atom. The average molecular weight is 335 g/mol. The second kappa shape index (κ2) is 5.51. The van der Waals surface area contributed by atoms with Crippen LogP contribution in [-0.2, 0) is 4.79 Å². The summed E-state index contributed by atoms with van der Waals surface area (Å²) in [5, 5.41) is 7.74. The van der Waals surface area contributed by atoms with E-state index in [4.69, 9.17) is 0 Å². The van der Waals surface area contributed by atoms with E-state index in [1.165, 1.54) is 0 Å². The van der Waals surface area contributed by atoms with E-state index in [1.807, 2.05) is 31.2 Å². The van der Waals surface area contributed by atoms with Gasteiger partial charge < -0.3 is 5.32 Å². The zero-order valence-corrected chi connectivity index (χ0v) is 13.2. The number of carbonyl (C=O) groups is 1. The average Bonchev–Trinajstić information content (AvgIpc) is 3.11. The van der Waals surface area contributed by atoms with E-state index in [-0.39, 0.29) is 25.4 Å². The third kappa shape index (κ3) is 2.66. The van der Waals surface area contributed by atoms with Crippen molar-refractivity contribution in [2.24, 2.45) is 0 Å². The molecule has 0 radical (unpaired) electrons. The predicted molar refractivity (Wildman–Crippen MR) is 84.9 cm³/mol. The van der Waals surface area contributed by atoms with Crippen molar-refractivity contribution in [1.29, 1.82) is 0 Å². The highest BCUT2D eigenvalue weighted by Crippen LogP contribution is 2.29. The van der Waals surface area contributed by atoms with Gasteiger partial charge in [0, 0.05) is 19.2 Å². The van der Waals surface area contributed by atoms with Gasteiger partial charge in [-0.25, -0.2) is 14.2 Å². The lowest BCUT2D eigenvalue weighted by atomic mass is 10.2. The van der Waals surface area contributed by atoms with Gasteiger partial charge in [-0.15, -0.1) is 0 Å². The first-order valence-electron chi connectivity index (χ1n) is 7.94. The zero-order valence-electron chi connectivity index (χ0n) is 13.2. The van der Waals surface area contributed by atoms with Crippen molar-refractivity contribution in [3.05, 3.63) is 41.6 Å². The molecule has 0 bridgehead atoms. The standard InChI is InChI=1S/C16H19F2N5O/c1-10-4-2-3-5-12(10)23-8-11-13(21-23)19-15(20-14(11)24)22-7-6-16(17,18)9-22/h2-5,8,13,15,19,21H,6-7,9H2,1H3,(H,20,24). The van der Waals surface area contributed by atoms with Crippen LogP contribution in [0.2, 0.25) is 0 Å². The first kappa shape index (κ1) is 15.5. The van der Waals surface area contributed by atoms with Crippen LogP contribution in [0, 0.1) is 6.92 Å². The molecule has 1 amide bonds. The number of carbonyl (C=O) groups excluding carboxylic acids is 1. The van der Waals surface area contributed by atoms with Crippen LogP contribution >= 0.6 is 0 Å². The molecular formula is C16H19F2N5O. The molecular weight excluding hydrogens is 316 g/mol. The largest absolute Gasteiger partial charge is 0.324 e. The summed E-state index contributed by atoms with van der Waals surface area (Å²) in [7, 11) is 0. The Kier molecular flexibility index (Phi) is 3.56. The number of para-hydroxylation sites is 1. The van der Waals surface area contributed by atoms with Crippen molar-refractivity contribution in [3.8, 4) is 0 Å². The van der Waals surface area contributed by atoms with Crippen molar-refractivity contribution in [2.75, 3.05) is 18.1 Å². The van der Waals surface area contributed by atoms with Crippen molar-refractivity contribution in [1.82, 2.24) is 21.0 Å². The fourth-order valence-corrected chi connectivity index (χ4v) is 3.34. The van der Waals surface area contributed by atoms with Gasteiger partial charge in [0.15, 0.2) is 0 Å². The first-order chi connectivity index (χ1) is 11.4. The molecule has 3 aliphatic rings. The lowest BCUT2D eigenvalue weighted by molar-refractivity contribution is -0.122. The number of nitrogens with zero attached hydrogens (tertiary/aromatic N) is 2. The van der Waals surface area contributed by atoms with Gasteiger partial charge in [-0.2, -0.15) is 0 Å². The maximum absolute atomic E-state index is 13.4. The molecule has 24 heavy (non-hydrogen) atoms. The Hall–Kier alpha value is -2.03. The topological polar surface area (TPSA) is 59.6 Å². The molecule has 1 aromatic rings. The highest BCUT2D eigenvalue weighted by molar-refractivity contribution is 5.96. The Morgan fingerprint density at radius 2 is 2.08 bits per heavy atom. The highest BCUT2D eigenvalue weighted by atomic mass is 19.3. The molecule has 0 aliphatic carbocycles. The van der Waals surface area contributed by atoms with E-state index in [9.17, 15) is 13.6 Å². The number of aryl methyl sites for hydroxylation is 1. The molecule has 3 heterocycles. The molecule has 2 unspecified atom stereocenters. The van der Waals surface area contributed by atoms with Gasteiger partial charge in [0.25, 0.3) is 11.8 Å². The van der Waals surface area contributed by atoms with E-state index in [0.29, 0.717) is 5.57 Å². The number of fused-ring (bicyclic) bond motifs is 1. The Morgan fingerprint density at radius 1 is 1.29 bits per heavy atom. The molecule has 6 nitrogen and oxygen atoms in total. The van der Waals surface area contributed by atoms with Gasteiger partial charge in [-0.3, -0.25) is 20.0 Å². The number of amides is 1. The zero-order chi connectivity index (χ0) is 16.9. The molecule has 2 fully saturated rings. The minimum Gasteiger partial charge on any atom is -0.324 e. The van der Waals surface area contributed by atoms with Gasteiger partial charge in [-0.1, -0.05) is 18.2 Å². The number of rotatable bonds is 2. The maximum Gasteiger partial charge on any atom is 0.261 e.